The van der Waals surface area contributed by atoms with Gasteiger partial charge in [-0.15, -0.1) is 0 Å². The first kappa shape index (κ1) is 14.8. The lowest BCUT2D eigenvalue weighted by molar-refractivity contribution is -0.150. The molecule has 1 spiro atoms. The van der Waals surface area contributed by atoms with Gasteiger partial charge in [0.25, 0.3) is 11.8 Å². The number of piperidine rings is 1. The standard InChI is InChI=1S/C14H16F2N4O2/c1-19-5-2-13(12(19)22)7-14(15,16)9-20(8-13)11(21)10-6-17-3-4-18-10/h3-4,6H,2,5,7-9H2,1H3. The van der Waals surface area contributed by atoms with Crippen molar-refractivity contribution >= 4 is 11.8 Å². The predicted molar refractivity (Wildman–Crippen MR) is 72.2 cm³/mol. The maximum atomic E-state index is 14.1. The van der Waals surface area contributed by atoms with Gasteiger partial charge in [-0.2, -0.15) is 0 Å². The Morgan fingerprint density at radius 2 is 2.09 bits per heavy atom. The van der Waals surface area contributed by atoms with E-state index in [-0.39, 0.29) is 18.1 Å². The summed E-state index contributed by atoms with van der Waals surface area (Å²) in [5, 5.41) is 0. The summed E-state index contributed by atoms with van der Waals surface area (Å²) in [6, 6.07) is 0. The number of likely N-dealkylation sites (tertiary alicyclic amines) is 2. The van der Waals surface area contributed by atoms with Crippen molar-refractivity contribution in [2.75, 3.05) is 26.7 Å². The van der Waals surface area contributed by atoms with Crippen LogP contribution in [0.5, 0.6) is 0 Å². The van der Waals surface area contributed by atoms with E-state index < -0.39 is 30.2 Å². The summed E-state index contributed by atoms with van der Waals surface area (Å²) in [6.07, 6.45) is 3.80. The number of hydrogen-bond donors (Lipinski definition) is 0. The highest BCUT2D eigenvalue weighted by Crippen LogP contribution is 2.45. The van der Waals surface area contributed by atoms with Gasteiger partial charge in [0.2, 0.25) is 5.91 Å². The number of hydrogen-bond acceptors (Lipinski definition) is 4. The van der Waals surface area contributed by atoms with E-state index in [1.54, 1.807) is 7.05 Å². The van der Waals surface area contributed by atoms with Gasteiger partial charge in [-0.3, -0.25) is 14.6 Å². The number of rotatable bonds is 1. The molecule has 0 bridgehead atoms. The maximum absolute atomic E-state index is 14.1. The molecule has 0 aliphatic carbocycles. The Balaban J connectivity index is 1.90. The number of alkyl halides is 2. The third kappa shape index (κ3) is 2.42. The first-order valence-electron chi connectivity index (χ1n) is 7.02. The molecule has 2 saturated heterocycles. The molecule has 6 nitrogen and oxygen atoms in total. The minimum absolute atomic E-state index is 0.00116. The number of carbonyl (C=O) groups excluding carboxylic acids is 2. The molecule has 1 unspecified atom stereocenters. The van der Waals surface area contributed by atoms with Gasteiger partial charge in [0.15, 0.2) is 0 Å². The van der Waals surface area contributed by atoms with Crippen molar-refractivity contribution in [3.63, 3.8) is 0 Å². The third-order valence-electron chi connectivity index (χ3n) is 4.31. The second kappa shape index (κ2) is 4.96. The molecule has 1 atom stereocenters. The summed E-state index contributed by atoms with van der Waals surface area (Å²) in [5.41, 5.74) is -1.18. The van der Waals surface area contributed by atoms with Gasteiger partial charge in [0.1, 0.15) is 5.69 Å². The van der Waals surface area contributed by atoms with Gasteiger partial charge in [-0.1, -0.05) is 0 Å². The predicted octanol–water partition coefficient (Wildman–Crippen LogP) is 0.806. The minimum atomic E-state index is -3.09. The zero-order valence-corrected chi connectivity index (χ0v) is 12.1. The van der Waals surface area contributed by atoms with Crippen molar-refractivity contribution in [3.05, 3.63) is 24.3 Å². The lowest BCUT2D eigenvalue weighted by atomic mass is 9.77. The van der Waals surface area contributed by atoms with Crippen LogP contribution in [0, 0.1) is 5.41 Å². The zero-order chi connectivity index (χ0) is 16.0. The number of halogens is 2. The largest absolute Gasteiger partial charge is 0.345 e. The van der Waals surface area contributed by atoms with E-state index in [2.05, 4.69) is 9.97 Å². The van der Waals surface area contributed by atoms with Crippen molar-refractivity contribution < 1.29 is 18.4 Å². The van der Waals surface area contributed by atoms with Crippen LogP contribution < -0.4 is 0 Å². The van der Waals surface area contributed by atoms with Gasteiger partial charge in [0.05, 0.1) is 18.2 Å². The molecule has 0 aromatic carbocycles. The van der Waals surface area contributed by atoms with Gasteiger partial charge in [0, 0.05) is 39.0 Å². The quantitative estimate of drug-likeness (QED) is 0.770. The van der Waals surface area contributed by atoms with Crippen LogP contribution in [0.15, 0.2) is 18.6 Å². The van der Waals surface area contributed by atoms with Crippen LogP contribution in [0.1, 0.15) is 23.3 Å². The highest BCUT2D eigenvalue weighted by molar-refractivity contribution is 5.93. The lowest BCUT2D eigenvalue weighted by Crippen LogP contribution is -2.57. The van der Waals surface area contributed by atoms with E-state index in [1.165, 1.54) is 23.5 Å². The Labute approximate surface area is 126 Å². The molecule has 3 heterocycles. The Hall–Kier alpha value is -2.12. The highest BCUT2D eigenvalue weighted by atomic mass is 19.3. The third-order valence-corrected chi connectivity index (χ3v) is 4.31. The van der Waals surface area contributed by atoms with Crippen LogP contribution >= 0.6 is 0 Å². The van der Waals surface area contributed by atoms with Gasteiger partial charge in [-0.05, 0) is 6.42 Å². The van der Waals surface area contributed by atoms with E-state index in [1.807, 2.05) is 0 Å². The SMILES string of the molecule is CN1CCC2(CN(C(=O)c3cnccn3)CC(F)(F)C2)C1=O. The molecule has 0 saturated carbocycles. The zero-order valence-electron chi connectivity index (χ0n) is 12.1. The number of aromatic nitrogens is 2. The summed E-state index contributed by atoms with van der Waals surface area (Å²) in [6.45, 7) is -0.260. The van der Waals surface area contributed by atoms with E-state index in [0.29, 0.717) is 13.0 Å². The summed E-state index contributed by atoms with van der Waals surface area (Å²) >= 11 is 0. The van der Waals surface area contributed by atoms with Crippen LogP contribution in [0.4, 0.5) is 8.78 Å². The second-order valence-electron chi connectivity index (χ2n) is 6.04. The van der Waals surface area contributed by atoms with Crippen molar-refractivity contribution in [3.8, 4) is 0 Å². The Bertz CT molecular complexity index is 610. The molecule has 1 aromatic rings. The van der Waals surface area contributed by atoms with Crippen LogP contribution in [0.3, 0.4) is 0 Å². The summed E-state index contributed by atoms with van der Waals surface area (Å²) in [4.78, 5) is 34.8. The topological polar surface area (TPSA) is 66.4 Å². The van der Waals surface area contributed by atoms with E-state index in [4.69, 9.17) is 0 Å². The van der Waals surface area contributed by atoms with Crippen molar-refractivity contribution in [1.29, 1.82) is 0 Å². The van der Waals surface area contributed by atoms with Crippen LogP contribution in [-0.2, 0) is 4.79 Å². The molecule has 2 aliphatic heterocycles. The molecule has 22 heavy (non-hydrogen) atoms. The molecule has 0 radical (unpaired) electrons. The number of amides is 2. The van der Waals surface area contributed by atoms with Gasteiger partial charge in [-0.25, -0.2) is 13.8 Å². The lowest BCUT2D eigenvalue weighted by Gasteiger charge is -2.42. The fraction of sp³-hybridized carbons (Fsp3) is 0.571. The fourth-order valence-corrected chi connectivity index (χ4v) is 3.33. The van der Waals surface area contributed by atoms with Crippen LogP contribution in [0.2, 0.25) is 0 Å². The second-order valence-corrected chi connectivity index (χ2v) is 6.04. The first-order valence-corrected chi connectivity index (χ1v) is 7.02. The maximum Gasteiger partial charge on any atom is 0.274 e. The monoisotopic (exact) mass is 310 g/mol. The average Bonchev–Trinajstić information content (AvgIpc) is 2.74. The molecule has 1 aromatic heterocycles. The van der Waals surface area contributed by atoms with Gasteiger partial charge < -0.3 is 9.80 Å². The first-order chi connectivity index (χ1) is 10.3. The van der Waals surface area contributed by atoms with E-state index in [0.717, 1.165) is 4.90 Å². The average molecular weight is 310 g/mol. The molecular formula is C14H16F2N4O2. The van der Waals surface area contributed by atoms with E-state index >= 15 is 0 Å². The summed E-state index contributed by atoms with van der Waals surface area (Å²) in [5.74, 6) is -4.02. The van der Waals surface area contributed by atoms with Crippen molar-refractivity contribution in [2.24, 2.45) is 5.41 Å². The highest BCUT2D eigenvalue weighted by Gasteiger charge is 2.57. The van der Waals surface area contributed by atoms with Crippen LogP contribution in [0.25, 0.3) is 0 Å². The smallest absolute Gasteiger partial charge is 0.274 e. The molecule has 118 valence electrons. The number of nitrogens with zero attached hydrogens (tertiary/aromatic N) is 4. The van der Waals surface area contributed by atoms with E-state index in [9.17, 15) is 18.4 Å². The molecule has 2 aliphatic rings. The Morgan fingerprint density at radius 1 is 1.32 bits per heavy atom. The summed E-state index contributed by atoms with van der Waals surface area (Å²) < 4.78 is 28.3. The van der Waals surface area contributed by atoms with Crippen molar-refractivity contribution in [1.82, 2.24) is 19.8 Å². The molecule has 0 N–H and O–H groups in total. The van der Waals surface area contributed by atoms with Crippen molar-refractivity contribution in [2.45, 2.75) is 18.8 Å². The molecule has 2 amide bonds. The van der Waals surface area contributed by atoms with Gasteiger partial charge >= 0.3 is 0 Å². The minimum Gasteiger partial charge on any atom is -0.345 e. The normalized spacial score (nSPS) is 27.5. The summed E-state index contributed by atoms with van der Waals surface area (Å²) in [7, 11) is 1.60. The Kier molecular flexibility index (Phi) is 3.34. The molecule has 8 heteroatoms. The number of carbonyl (C=O) groups is 2. The molecule has 2 fully saturated rings. The Morgan fingerprint density at radius 3 is 2.68 bits per heavy atom. The van der Waals surface area contributed by atoms with Crippen LogP contribution in [-0.4, -0.2) is 64.2 Å². The fourth-order valence-electron chi connectivity index (χ4n) is 3.33. The molecular weight excluding hydrogens is 294 g/mol. The molecule has 3 rings (SSSR count).